The molecule has 3 aliphatic heterocycles. The average Bonchev–Trinajstić information content (AvgIpc) is 3.40. The number of nitrogens with zero attached hydrogens (tertiary/aromatic N) is 6. The summed E-state index contributed by atoms with van der Waals surface area (Å²) in [6.07, 6.45) is 3.22. The summed E-state index contributed by atoms with van der Waals surface area (Å²) in [6.45, 7) is 10.1. The Hall–Kier alpha value is -2.10. The number of thiophene rings is 1. The van der Waals surface area contributed by atoms with Crippen molar-refractivity contribution in [3.63, 3.8) is 0 Å². The first-order valence-corrected chi connectivity index (χ1v) is 11.6. The van der Waals surface area contributed by atoms with Crippen LogP contribution in [0.1, 0.15) is 37.8 Å². The van der Waals surface area contributed by atoms with Crippen LogP contribution in [0.2, 0.25) is 0 Å². The van der Waals surface area contributed by atoms with E-state index in [1.54, 1.807) is 11.3 Å². The minimum absolute atomic E-state index is 0.212. The zero-order valence-electron chi connectivity index (χ0n) is 17.5. The van der Waals surface area contributed by atoms with Gasteiger partial charge in [0.25, 0.3) is 0 Å². The Morgan fingerprint density at radius 2 is 1.70 bits per heavy atom. The highest BCUT2D eigenvalue weighted by atomic mass is 32.1. The predicted molar refractivity (Wildman–Crippen MR) is 118 cm³/mol. The van der Waals surface area contributed by atoms with Crippen molar-refractivity contribution in [2.45, 2.75) is 45.3 Å². The third kappa shape index (κ3) is 3.02. The van der Waals surface area contributed by atoms with Crippen LogP contribution in [-0.2, 0) is 22.5 Å². The lowest BCUT2D eigenvalue weighted by Crippen LogP contribution is -2.39. The van der Waals surface area contributed by atoms with Crippen molar-refractivity contribution in [1.82, 2.24) is 20.2 Å². The lowest BCUT2D eigenvalue weighted by molar-refractivity contribution is -0.0396. The summed E-state index contributed by atoms with van der Waals surface area (Å²) >= 11 is 1.60. The van der Waals surface area contributed by atoms with Crippen LogP contribution >= 0.6 is 11.3 Å². The summed E-state index contributed by atoms with van der Waals surface area (Å²) in [5.74, 6) is 1.78. The van der Waals surface area contributed by atoms with E-state index in [9.17, 15) is 0 Å². The van der Waals surface area contributed by atoms with Crippen LogP contribution in [0, 0.1) is 0 Å². The first-order chi connectivity index (χ1) is 14.6. The van der Waals surface area contributed by atoms with E-state index in [4.69, 9.17) is 19.4 Å². The Morgan fingerprint density at radius 1 is 0.900 bits per heavy atom. The van der Waals surface area contributed by atoms with Gasteiger partial charge in [0.15, 0.2) is 4.83 Å². The quantitative estimate of drug-likeness (QED) is 0.619. The lowest BCUT2D eigenvalue weighted by Gasteiger charge is -2.36. The van der Waals surface area contributed by atoms with Crippen LogP contribution in [-0.4, -0.2) is 65.2 Å². The van der Waals surface area contributed by atoms with E-state index in [0.29, 0.717) is 6.61 Å². The fraction of sp³-hybridized carbons (Fsp3) is 0.619. The normalized spacial score (nSPS) is 21.5. The highest BCUT2D eigenvalue weighted by molar-refractivity contribution is 7.25. The van der Waals surface area contributed by atoms with Gasteiger partial charge in [-0.15, -0.1) is 10.2 Å². The summed E-state index contributed by atoms with van der Waals surface area (Å²) in [5, 5.41) is 10.1. The number of fused-ring (bicyclic) bond motifs is 5. The second-order valence-electron chi connectivity index (χ2n) is 8.96. The van der Waals surface area contributed by atoms with Gasteiger partial charge in [0.05, 0.1) is 25.4 Å². The third-order valence-electron chi connectivity index (χ3n) is 6.34. The molecule has 9 heteroatoms. The molecule has 0 aromatic carbocycles. The Balaban J connectivity index is 1.58. The van der Waals surface area contributed by atoms with Crippen molar-refractivity contribution in [2.24, 2.45) is 0 Å². The van der Waals surface area contributed by atoms with Crippen LogP contribution in [0.25, 0.3) is 20.6 Å². The zero-order chi connectivity index (χ0) is 20.3. The summed E-state index contributed by atoms with van der Waals surface area (Å²) in [7, 11) is 0. The molecule has 6 heterocycles. The molecule has 0 amide bonds. The highest BCUT2D eigenvalue weighted by Crippen LogP contribution is 2.42. The van der Waals surface area contributed by atoms with Crippen molar-refractivity contribution in [3.8, 4) is 0 Å². The zero-order valence-corrected chi connectivity index (χ0v) is 18.3. The maximum Gasteiger partial charge on any atom is 0.246 e. The van der Waals surface area contributed by atoms with Gasteiger partial charge in [-0.3, -0.25) is 0 Å². The summed E-state index contributed by atoms with van der Waals surface area (Å²) in [6, 6.07) is 0. The number of aromatic nitrogens is 4. The van der Waals surface area contributed by atoms with E-state index < -0.39 is 0 Å². The molecule has 0 spiro atoms. The van der Waals surface area contributed by atoms with E-state index in [0.717, 1.165) is 78.1 Å². The van der Waals surface area contributed by atoms with Gasteiger partial charge in [-0.05, 0) is 32.3 Å². The smallest absolute Gasteiger partial charge is 0.246 e. The number of pyridine rings is 1. The molecule has 158 valence electrons. The third-order valence-corrected chi connectivity index (χ3v) is 7.30. The van der Waals surface area contributed by atoms with Crippen LogP contribution in [0.15, 0.2) is 0 Å². The van der Waals surface area contributed by atoms with Crippen LogP contribution in [0.4, 0.5) is 11.8 Å². The SMILES string of the molecule is CC1(C)Cc2c(c(N3CCOCC3)nc3sc4nnc(N5CCCC5)nc4c23)CO1. The first kappa shape index (κ1) is 18.7. The van der Waals surface area contributed by atoms with Crippen molar-refractivity contribution in [1.29, 1.82) is 0 Å². The molecule has 0 saturated carbocycles. The second kappa shape index (κ2) is 6.96. The molecule has 8 nitrogen and oxygen atoms in total. The number of rotatable bonds is 2. The number of anilines is 2. The van der Waals surface area contributed by atoms with E-state index in [-0.39, 0.29) is 5.60 Å². The molecular weight excluding hydrogens is 400 g/mol. The van der Waals surface area contributed by atoms with Crippen LogP contribution < -0.4 is 9.80 Å². The summed E-state index contributed by atoms with van der Waals surface area (Å²) < 4.78 is 11.8. The molecule has 0 bridgehead atoms. The van der Waals surface area contributed by atoms with E-state index in [1.165, 1.54) is 24.0 Å². The van der Waals surface area contributed by atoms with Crippen LogP contribution in [0.3, 0.4) is 0 Å². The number of ether oxygens (including phenoxy) is 2. The molecule has 3 aliphatic rings. The Labute approximate surface area is 179 Å². The molecule has 0 N–H and O–H groups in total. The topological polar surface area (TPSA) is 76.5 Å². The molecule has 0 atom stereocenters. The van der Waals surface area contributed by atoms with E-state index in [1.807, 2.05) is 0 Å². The molecule has 0 unspecified atom stereocenters. The molecule has 0 radical (unpaired) electrons. The van der Waals surface area contributed by atoms with Gasteiger partial charge in [-0.2, -0.15) is 0 Å². The molecule has 3 aromatic rings. The number of hydrogen-bond donors (Lipinski definition) is 0. The molecule has 0 aliphatic carbocycles. The maximum atomic E-state index is 6.21. The Morgan fingerprint density at radius 3 is 2.50 bits per heavy atom. The van der Waals surface area contributed by atoms with Gasteiger partial charge in [-0.25, -0.2) is 9.97 Å². The largest absolute Gasteiger partial charge is 0.378 e. The van der Waals surface area contributed by atoms with Crippen molar-refractivity contribution >= 4 is 43.7 Å². The first-order valence-electron chi connectivity index (χ1n) is 10.8. The molecule has 3 aromatic heterocycles. The van der Waals surface area contributed by atoms with Crippen LogP contribution in [0.5, 0.6) is 0 Å². The molecule has 6 rings (SSSR count). The standard InChI is InChI=1S/C21H26N6O2S/c1-21(2)11-13-14(12-29-21)17(26-7-9-28-10-8-26)23-18-15(13)16-19(30-18)24-25-20(22-16)27-5-3-4-6-27/h3-12H2,1-2H3. The average molecular weight is 427 g/mol. The fourth-order valence-electron chi connectivity index (χ4n) is 4.76. The monoisotopic (exact) mass is 426 g/mol. The minimum atomic E-state index is -0.212. The molecule has 2 fully saturated rings. The minimum Gasteiger partial charge on any atom is -0.378 e. The predicted octanol–water partition coefficient (Wildman–Crippen LogP) is 2.92. The van der Waals surface area contributed by atoms with Crippen molar-refractivity contribution < 1.29 is 9.47 Å². The maximum absolute atomic E-state index is 6.21. The highest BCUT2D eigenvalue weighted by Gasteiger charge is 2.33. The second-order valence-corrected chi connectivity index (χ2v) is 9.94. The Kier molecular flexibility index (Phi) is 4.33. The van der Waals surface area contributed by atoms with Crippen molar-refractivity contribution in [2.75, 3.05) is 49.2 Å². The molecule has 30 heavy (non-hydrogen) atoms. The summed E-state index contributed by atoms with van der Waals surface area (Å²) in [5.41, 5.74) is 3.25. The number of morpholine rings is 1. The van der Waals surface area contributed by atoms with Gasteiger partial charge in [-0.1, -0.05) is 11.3 Å². The fourth-order valence-corrected chi connectivity index (χ4v) is 5.73. The lowest BCUT2D eigenvalue weighted by atomic mass is 9.90. The van der Waals surface area contributed by atoms with E-state index in [2.05, 4.69) is 33.8 Å². The van der Waals surface area contributed by atoms with Gasteiger partial charge in [0.1, 0.15) is 16.2 Å². The van der Waals surface area contributed by atoms with Gasteiger partial charge in [0, 0.05) is 43.5 Å². The number of hydrogen-bond acceptors (Lipinski definition) is 9. The van der Waals surface area contributed by atoms with Crippen molar-refractivity contribution in [3.05, 3.63) is 11.1 Å². The van der Waals surface area contributed by atoms with E-state index >= 15 is 0 Å². The molecular formula is C21H26N6O2S. The molecule has 2 saturated heterocycles. The van der Waals surface area contributed by atoms with Gasteiger partial charge in [0.2, 0.25) is 5.95 Å². The summed E-state index contributed by atoms with van der Waals surface area (Å²) in [4.78, 5) is 16.6. The van der Waals surface area contributed by atoms with Gasteiger partial charge < -0.3 is 19.3 Å². The Bertz CT molecular complexity index is 1120. The van der Waals surface area contributed by atoms with Gasteiger partial charge >= 0.3 is 0 Å².